The molecule has 1 aromatic carbocycles. The fourth-order valence-corrected chi connectivity index (χ4v) is 5.55. The van der Waals surface area contributed by atoms with E-state index in [1.165, 1.54) is 0 Å². The van der Waals surface area contributed by atoms with Gasteiger partial charge in [0.05, 0.1) is 21.8 Å². The number of amides is 1. The molecule has 1 atom stereocenters. The van der Waals surface area contributed by atoms with Gasteiger partial charge in [-0.25, -0.2) is 9.78 Å². The van der Waals surface area contributed by atoms with E-state index >= 15 is 0 Å². The van der Waals surface area contributed by atoms with E-state index in [4.69, 9.17) is 21.4 Å². The van der Waals surface area contributed by atoms with Crippen LogP contribution < -0.4 is 4.74 Å². The number of hydrogen-bond donors (Lipinski definition) is 2. The summed E-state index contributed by atoms with van der Waals surface area (Å²) in [7, 11) is 0. The third-order valence-corrected chi connectivity index (χ3v) is 7.79. The van der Waals surface area contributed by atoms with Crippen molar-refractivity contribution in [3.8, 4) is 17.3 Å². The number of carbonyl (C=O) groups is 2. The Balaban J connectivity index is 1.12. The maximum absolute atomic E-state index is 12.5. The van der Waals surface area contributed by atoms with Crippen molar-refractivity contribution in [3.05, 3.63) is 64.7 Å². The molecular formula is C28H27ClN4O4. The molecule has 3 heterocycles. The maximum atomic E-state index is 12.5. The van der Waals surface area contributed by atoms with Gasteiger partial charge >= 0.3 is 5.97 Å². The second-order valence-electron chi connectivity index (χ2n) is 9.96. The van der Waals surface area contributed by atoms with Crippen molar-refractivity contribution in [2.75, 3.05) is 13.1 Å². The Morgan fingerprint density at radius 1 is 1.11 bits per heavy atom. The third kappa shape index (κ3) is 4.73. The number of H-pyrrole nitrogens is 1. The van der Waals surface area contributed by atoms with E-state index < -0.39 is 5.97 Å². The maximum Gasteiger partial charge on any atom is 0.335 e. The van der Waals surface area contributed by atoms with Gasteiger partial charge in [-0.15, -0.1) is 0 Å². The first-order valence-corrected chi connectivity index (χ1v) is 13.1. The number of ether oxygens (including phenoxy) is 1. The molecule has 0 bridgehead atoms. The monoisotopic (exact) mass is 518 g/mol. The largest absolute Gasteiger partial charge is 0.478 e. The van der Waals surface area contributed by atoms with E-state index in [0.717, 1.165) is 37.1 Å². The molecule has 1 unspecified atom stereocenters. The van der Waals surface area contributed by atoms with E-state index in [-0.39, 0.29) is 23.8 Å². The Morgan fingerprint density at radius 3 is 2.54 bits per heavy atom. The van der Waals surface area contributed by atoms with Crippen LogP contribution in [0.5, 0.6) is 6.01 Å². The minimum Gasteiger partial charge on any atom is -0.478 e. The number of carbonyl (C=O) groups excluding carboxylic acids is 1. The number of allylic oxidation sites excluding steroid dienone is 2. The summed E-state index contributed by atoms with van der Waals surface area (Å²) in [5, 5.41) is 9.62. The van der Waals surface area contributed by atoms with Crippen molar-refractivity contribution in [3.63, 3.8) is 0 Å². The number of nitrogens with one attached hydrogen (secondary N) is 1. The van der Waals surface area contributed by atoms with E-state index in [2.05, 4.69) is 15.0 Å². The Morgan fingerprint density at radius 2 is 1.86 bits per heavy atom. The molecular weight excluding hydrogens is 492 g/mol. The lowest BCUT2D eigenvalue weighted by Crippen LogP contribution is -2.44. The molecule has 0 spiro atoms. The summed E-state index contributed by atoms with van der Waals surface area (Å²) in [6.45, 7) is 1.76. The summed E-state index contributed by atoms with van der Waals surface area (Å²) in [6, 6.07) is 10.2. The van der Waals surface area contributed by atoms with Gasteiger partial charge in [0.2, 0.25) is 5.91 Å². The number of carboxylic acid groups (broad SMARTS) is 1. The van der Waals surface area contributed by atoms with Crippen molar-refractivity contribution in [2.45, 2.75) is 44.1 Å². The summed E-state index contributed by atoms with van der Waals surface area (Å²) in [5.41, 5.74) is 4.13. The molecule has 2 fully saturated rings. The van der Waals surface area contributed by atoms with Crippen LogP contribution in [0, 0.1) is 5.92 Å². The molecule has 2 aliphatic carbocycles. The molecule has 37 heavy (non-hydrogen) atoms. The van der Waals surface area contributed by atoms with Crippen LogP contribution in [0.15, 0.2) is 54.1 Å². The lowest BCUT2D eigenvalue weighted by molar-refractivity contribution is -0.140. The number of hydrogen-bond acceptors (Lipinski definition) is 5. The topological polar surface area (TPSA) is 108 Å². The van der Waals surface area contributed by atoms with Crippen molar-refractivity contribution in [1.29, 1.82) is 0 Å². The van der Waals surface area contributed by atoms with Crippen LogP contribution in [-0.4, -0.2) is 56.0 Å². The van der Waals surface area contributed by atoms with Crippen LogP contribution in [0.3, 0.4) is 0 Å². The first-order valence-electron chi connectivity index (χ1n) is 12.7. The van der Waals surface area contributed by atoms with Crippen LogP contribution in [0.25, 0.3) is 22.4 Å². The number of carboxylic acids is 1. The normalized spacial score (nSPS) is 23.1. The minimum atomic E-state index is -0.905. The first-order chi connectivity index (χ1) is 17.9. The predicted molar refractivity (Wildman–Crippen MR) is 140 cm³/mol. The number of fused-ring (bicyclic) bond motifs is 1. The number of aromatic nitrogens is 3. The predicted octanol–water partition coefficient (Wildman–Crippen LogP) is 5.11. The van der Waals surface area contributed by atoms with E-state index in [1.807, 2.05) is 35.2 Å². The van der Waals surface area contributed by atoms with Gasteiger partial charge in [-0.05, 0) is 43.7 Å². The Bertz CT molecular complexity index is 1420. The standard InChI is InChI=1S/C28H27ClN4O4/c29-22-15-23-25(32-28(30-23)37-21-13-20(14-21)26(34)33-11-1-2-12-33)31-24(22)18-7-3-16(4-8-18)17-5-9-19(10-6-17)27(35)36/h3-5,7-10,15,17,20-21H,1-2,6,11-14H2,(H,35,36)(H,30,31,32). The average molecular weight is 519 g/mol. The molecule has 0 radical (unpaired) electrons. The number of rotatable bonds is 6. The quantitative estimate of drug-likeness (QED) is 0.469. The molecule has 9 heteroatoms. The van der Waals surface area contributed by atoms with Gasteiger partial charge in [0, 0.05) is 30.5 Å². The van der Waals surface area contributed by atoms with E-state index in [1.54, 1.807) is 18.2 Å². The summed E-state index contributed by atoms with van der Waals surface area (Å²) >= 11 is 6.57. The number of benzene rings is 1. The average Bonchev–Trinajstić information content (AvgIpc) is 3.55. The molecule has 3 aromatic rings. The highest BCUT2D eigenvalue weighted by atomic mass is 35.5. The van der Waals surface area contributed by atoms with Crippen molar-refractivity contribution in [1.82, 2.24) is 19.9 Å². The second-order valence-corrected chi connectivity index (χ2v) is 10.4. The van der Waals surface area contributed by atoms with Gasteiger partial charge in [-0.2, -0.15) is 4.98 Å². The highest BCUT2D eigenvalue weighted by Gasteiger charge is 2.39. The summed E-state index contributed by atoms with van der Waals surface area (Å²) in [4.78, 5) is 37.9. The molecule has 1 amide bonds. The highest BCUT2D eigenvalue weighted by molar-refractivity contribution is 6.33. The minimum absolute atomic E-state index is 0.0325. The molecule has 1 aliphatic heterocycles. The van der Waals surface area contributed by atoms with Crippen molar-refractivity contribution < 1.29 is 19.4 Å². The summed E-state index contributed by atoms with van der Waals surface area (Å²) < 4.78 is 6.00. The third-order valence-electron chi connectivity index (χ3n) is 7.50. The number of imidazole rings is 1. The number of pyridine rings is 1. The second kappa shape index (κ2) is 9.67. The molecule has 2 aromatic heterocycles. The van der Waals surface area contributed by atoms with Crippen LogP contribution in [0.4, 0.5) is 0 Å². The fraction of sp³-hybridized carbons (Fsp3) is 0.357. The molecule has 1 saturated heterocycles. The Hall–Kier alpha value is -3.65. The van der Waals surface area contributed by atoms with E-state index in [9.17, 15) is 9.59 Å². The molecule has 2 N–H and O–H groups in total. The Labute approximate surface area is 219 Å². The van der Waals surface area contributed by atoms with Crippen LogP contribution >= 0.6 is 11.6 Å². The summed E-state index contributed by atoms with van der Waals surface area (Å²) in [5.74, 6) is -0.468. The number of halogens is 1. The number of likely N-dealkylation sites (tertiary alicyclic amines) is 1. The smallest absolute Gasteiger partial charge is 0.335 e. The SMILES string of the molecule is O=C(O)C1=CCC(c2ccc(-c3nc4nc(OC5CC(C(=O)N6CCCC6)C5)[nH]c4cc3Cl)cc2)C=C1. The van der Waals surface area contributed by atoms with Gasteiger partial charge < -0.3 is 19.7 Å². The first kappa shape index (κ1) is 23.7. The van der Waals surface area contributed by atoms with Gasteiger partial charge in [0.15, 0.2) is 5.65 Å². The van der Waals surface area contributed by atoms with Crippen molar-refractivity contribution >= 4 is 34.6 Å². The number of nitrogens with zero attached hydrogens (tertiary/aromatic N) is 3. The van der Waals surface area contributed by atoms with Gasteiger partial charge in [-0.3, -0.25) is 4.79 Å². The zero-order valence-electron chi connectivity index (χ0n) is 20.2. The lowest BCUT2D eigenvalue weighted by atomic mass is 9.81. The molecule has 190 valence electrons. The Kier molecular flexibility index (Phi) is 6.20. The zero-order chi connectivity index (χ0) is 25.5. The molecule has 3 aliphatic rings. The molecule has 1 saturated carbocycles. The van der Waals surface area contributed by atoms with Gasteiger partial charge in [0.25, 0.3) is 6.01 Å². The van der Waals surface area contributed by atoms with Gasteiger partial charge in [0.1, 0.15) is 6.10 Å². The lowest BCUT2D eigenvalue weighted by Gasteiger charge is -2.35. The molecule has 6 rings (SSSR count). The summed E-state index contributed by atoms with van der Waals surface area (Å²) in [6.07, 6.45) is 9.57. The van der Waals surface area contributed by atoms with Crippen LogP contribution in [0.2, 0.25) is 5.02 Å². The van der Waals surface area contributed by atoms with Gasteiger partial charge in [-0.1, -0.05) is 54.1 Å². The molecule has 8 nitrogen and oxygen atoms in total. The zero-order valence-corrected chi connectivity index (χ0v) is 20.9. The fourth-order valence-electron chi connectivity index (χ4n) is 5.29. The number of aromatic amines is 1. The van der Waals surface area contributed by atoms with E-state index in [0.29, 0.717) is 52.7 Å². The number of aliphatic carboxylic acids is 1. The van der Waals surface area contributed by atoms with Crippen LogP contribution in [-0.2, 0) is 9.59 Å². The highest BCUT2D eigenvalue weighted by Crippen LogP contribution is 2.35. The van der Waals surface area contributed by atoms with Crippen molar-refractivity contribution in [2.24, 2.45) is 5.92 Å². The van der Waals surface area contributed by atoms with Crippen LogP contribution in [0.1, 0.15) is 43.6 Å².